The molecule has 0 aliphatic rings. The fraction of sp³-hybridized carbons (Fsp3) is 0.167. The molecule has 1 heterocycles. The summed E-state index contributed by atoms with van der Waals surface area (Å²) in [6, 6.07) is 4.38. The first-order chi connectivity index (χ1) is 9.27. The number of nitrogens with zero attached hydrogens (tertiary/aromatic N) is 1. The van der Waals surface area contributed by atoms with Crippen LogP contribution >= 0.6 is 11.6 Å². The molecule has 0 saturated carbocycles. The van der Waals surface area contributed by atoms with Crippen LogP contribution in [0, 0.1) is 6.92 Å². The normalized spacial score (nSPS) is 11.4. The lowest BCUT2D eigenvalue weighted by molar-refractivity contribution is -0.136. The number of hydrogen-bond donors (Lipinski definition) is 1. The van der Waals surface area contributed by atoms with Crippen molar-refractivity contribution in [2.75, 3.05) is 5.32 Å². The van der Waals surface area contributed by atoms with E-state index in [2.05, 4.69) is 15.0 Å². The van der Waals surface area contributed by atoms with Gasteiger partial charge in [0.15, 0.2) is 0 Å². The molecule has 0 aliphatic heterocycles. The van der Waals surface area contributed by atoms with Gasteiger partial charge in [0, 0.05) is 11.1 Å². The molecule has 0 aliphatic carbocycles. The van der Waals surface area contributed by atoms with E-state index < -0.39 is 23.3 Å². The van der Waals surface area contributed by atoms with E-state index >= 15 is 0 Å². The molecule has 1 N–H and O–H groups in total. The first-order valence-corrected chi connectivity index (χ1v) is 5.76. The van der Waals surface area contributed by atoms with Crippen LogP contribution in [0.4, 0.5) is 18.9 Å². The summed E-state index contributed by atoms with van der Waals surface area (Å²) in [5.41, 5.74) is -0.988. The molecule has 0 spiro atoms. The number of carbonyl (C=O) groups is 1. The number of carbonyl (C=O) groups excluding carboxylic acids is 1. The number of aromatic nitrogens is 1. The maximum Gasteiger partial charge on any atom is 0.418 e. The molecule has 0 unspecified atom stereocenters. The van der Waals surface area contributed by atoms with Crippen molar-refractivity contribution >= 4 is 23.2 Å². The fourth-order valence-corrected chi connectivity index (χ4v) is 1.69. The summed E-state index contributed by atoms with van der Waals surface area (Å²) < 4.78 is 43.2. The lowest BCUT2D eigenvalue weighted by Gasteiger charge is -2.13. The van der Waals surface area contributed by atoms with Crippen LogP contribution < -0.4 is 5.32 Å². The SMILES string of the molecule is Cc1cc(C(=O)Nc2ccc(Cl)cc2C(F)(F)F)on1. The fourth-order valence-electron chi connectivity index (χ4n) is 1.51. The summed E-state index contributed by atoms with van der Waals surface area (Å²) in [5, 5.41) is 5.53. The summed E-state index contributed by atoms with van der Waals surface area (Å²) >= 11 is 5.54. The van der Waals surface area contributed by atoms with Crippen LogP contribution in [0.5, 0.6) is 0 Å². The molecule has 1 aromatic heterocycles. The van der Waals surface area contributed by atoms with E-state index in [4.69, 9.17) is 11.6 Å². The van der Waals surface area contributed by atoms with E-state index in [-0.39, 0.29) is 10.8 Å². The summed E-state index contributed by atoms with van der Waals surface area (Å²) in [6.45, 7) is 1.59. The zero-order chi connectivity index (χ0) is 14.9. The predicted molar refractivity (Wildman–Crippen MR) is 65.6 cm³/mol. The Balaban J connectivity index is 2.32. The van der Waals surface area contributed by atoms with E-state index in [0.29, 0.717) is 5.69 Å². The van der Waals surface area contributed by atoms with Gasteiger partial charge in [-0.05, 0) is 25.1 Å². The monoisotopic (exact) mass is 304 g/mol. The average molecular weight is 305 g/mol. The highest BCUT2D eigenvalue weighted by atomic mass is 35.5. The van der Waals surface area contributed by atoms with Crippen molar-refractivity contribution in [2.45, 2.75) is 13.1 Å². The molecule has 1 amide bonds. The number of rotatable bonds is 2. The highest BCUT2D eigenvalue weighted by Gasteiger charge is 2.34. The number of halogens is 4. The number of nitrogens with one attached hydrogen (secondary N) is 1. The minimum Gasteiger partial charge on any atom is -0.351 e. The van der Waals surface area contributed by atoms with E-state index in [1.165, 1.54) is 12.1 Å². The Morgan fingerprint density at radius 1 is 1.35 bits per heavy atom. The van der Waals surface area contributed by atoms with Crippen molar-refractivity contribution in [3.63, 3.8) is 0 Å². The van der Waals surface area contributed by atoms with Gasteiger partial charge in [0.1, 0.15) is 0 Å². The third-order valence-corrected chi connectivity index (χ3v) is 2.62. The quantitative estimate of drug-likeness (QED) is 0.915. The minimum atomic E-state index is -4.63. The molecule has 4 nitrogen and oxygen atoms in total. The molecular formula is C12H8ClF3N2O2. The molecule has 0 atom stereocenters. The number of alkyl halides is 3. The van der Waals surface area contributed by atoms with E-state index in [9.17, 15) is 18.0 Å². The molecule has 8 heteroatoms. The van der Waals surface area contributed by atoms with Gasteiger partial charge in [-0.15, -0.1) is 0 Å². The molecule has 0 saturated heterocycles. The van der Waals surface area contributed by atoms with Crippen LogP contribution in [0.25, 0.3) is 0 Å². The lowest BCUT2D eigenvalue weighted by Crippen LogP contribution is -2.16. The Bertz CT molecular complexity index is 652. The van der Waals surface area contributed by atoms with Crippen LogP contribution in [0.2, 0.25) is 5.02 Å². The van der Waals surface area contributed by atoms with Crippen LogP contribution in [-0.2, 0) is 6.18 Å². The molecule has 2 rings (SSSR count). The van der Waals surface area contributed by atoms with Gasteiger partial charge in [-0.25, -0.2) is 0 Å². The van der Waals surface area contributed by atoms with Gasteiger partial charge in [0.2, 0.25) is 5.76 Å². The largest absolute Gasteiger partial charge is 0.418 e. The molecule has 0 radical (unpaired) electrons. The smallest absolute Gasteiger partial charge is 0.351 e. The Morgan fingerprint density at radius 3 is 2.60 bits per heavy atom. The van der Waals surface area contributed by atoms with E-state index in [0.717, 1.165) is 12.1 Å². The van der Waals surface area contributed by atoms with Crippen molar-refractivity contribution in [3.05, 3.63) is 46.3 Å². The Hall–Kier alpha value is -2.02. The first kappa shape index (κ1) is 14.4. The van der Waals surface area contributed by atoms with Crippen LogP contribution in [0.3, 0.4) is 0 Å². The second-order valence-electron chi connectivity index (χ2n) is 3.97. The standard InChI is InChI=1S/C12H8ClF3N2O2/c1-6-4-10(20-18-6)11(19)17-9-3-2-7(13)5-8(9)12(14,15)16/h2-5H,1H3,(H,17,19). The Morgan fingerprint density at radius 2 is 2.05 bits per heavy atom. The van der Waals surface area contributed by atoms with Crippen molar-refractivity contribution in [2.24, 2.45) is 0 Å². The molecule has 20 heavy (non-hydrogen) atoms. The summed E-state index contributed by atoms with van der Waals surface area (Å²) in [6.07, 6.45) is -4.63. The third-order valence-electron chi connectivity index (χ3n) is 2.39. The number of amides is 1. The number of hydrogen-bond acceptors (Lipinski definition) is 3. The topological polar surface area (TPSA) is 55.1 Å². The molecule has 106 valence electrons. The van der Waals surface area contributed by atoms with E-state index in [1.807, 2.05) is 0 Å². The van der Waals surface area contributed by atoms with Gasteiger partial charge in [-0.2, -0.15) is 13.2 Å². The summed E-state index contributed by atoms with van der Waals surface area (Å²) in [5.74, 6) is -0.996. The predicted octanol–water partition coefficient (Wildman–Crippen LogP) is 3.91. The second kappa shape index (κ2) is 5.16. The summed E-state index contributed by atoms with van der Waals surface area (Å²) in [7, 11) is 0. The van der Waals surface area contributed by atoms with Crippen LogP contribution in [0.15, 0.2) is 28.8 Å². The van der Waals surface area contributed by atoms with Crippen LogP contribution in [-0.4, -0.2) is 11.1 Å². The zero-order valence-electron chi connectivity index (χ0n) is 10.1. The van der Waals surface area contributed by atoms with Crippen molar-refractivity contribution in [1.29, 1.82) is 0 Å². The maximum atomic E-state index is 12.8. The minimum absolute atomic E-state index is 0.0779. The second-order valence-corrected chi connectivity index (χ2v) is 4.41. The third kappa shape index (κ3) is 3.11. The number of aryl methyl sites for hydroxylation is 1. The van der Waals surface area contributed by atoms with Crippen molar-refractivity contribution < 1.29 is 22.5 Å². The van der Waals surface area contributed by atoms with Gasteiger partial charge < -0.3 is 9.84 Å². The number of anilines is 1. The Labute approximate surface area is 116 Å². The molecule has 0 fully saturated rings. The van der Waals surface area contributed by atoms with E-state index in [1.54, 1.807) is 6.92 Å². The van der Waals surface area contributed by atoms with Gasteiger partial charge in [0.05, 0.1) is 16.9 Å². The maximum absolute atomic E-state index is 12.8. The average Bonchev–Trinajstić information content (AvgIpc) is 2.77. The van der Waals surface area contributed by atoms with Gasteiger partial charge in [0.25, 0.3) is 5.91 Å². The van der Waals surface area contributed by atoms with Gasteiger partial charge in [-0.3, -0.25) is 4.79 Å². The molecule has 0 bridgehead atoms. The van der Waals surface area contributed by atoms with Crippen LogP contribution in [0.1, 0.15) is 21.8 Å². The highest BCUT2D eigenvalue weighted by Crippen LogP contribution is 2.36. The van der Waals surface area contributed by atoms with Gasteiger partial charge >= 0.3 is 6.18 Å². The summed E-state index contributed by atoms with van der Waals surface area (Å²) in [4.78, 5) is 11.7. The molecule has 2 aromatic rings. The molecular weight excluding hydrogens is 297 g/mol. The molecule has 1 aromatic carbocycles. The number of benzene rings is 1. The van der Waals surface area contributed by atoms with Gasteiger partial charge in [-0.1, -0.05) is 16.8 Å². The highest BCUT2D eigenvalue weighted by molar-refractivity contribution is 6.30. The Kier molecular flexibility index (Phi) is 3.71. The first-order valence-electron chi connectivity index (χ1n) is 5.39. The van der Waals surface area contributed by atoms with Crippen molar-refractivity contribution in [3.8, 4) is 0 Å². The lowest BCUT2D eigenvalue weighted by atomic mass is 10.1. The van der Waals surface area contributed by atoms with Crippen molar-refractivity contribution in [1.82, 2.24) is 5.16 Å². The zero-order valence-corrected chi connectivity index (χ0v) is 10.8.